The van der Waals surface area contributed by atoms with Crippen LogP contribution in [0.5, 0.6) is 5.75 Å². The van der Waals surface area contributed by atoms with Crippen LogP contribution in [-0.4, -0.2) is 23.1 Å². The van der Waals surface area contributed by atoms with Crippen LogP contribution in [0, 0.1) is 6.92 Å². The van der Waals surface area contributed by atoms with Gasteiger partial charge in [-0.2, -0.15) is 0 Å². The Balaban J connectivity index is 1.43. The summed E-state index contributed by atoms with van der Waals surface area (Å²) in [5.41, 5.74) is 6.08. The monoisotopic (exact) mass is 485 g/mol. The predicted octanol–water partition coefficient (Wildman–Crippen LogP) is 6.46. The largest absolute Gasteiger partial charge is 0.497 e. The van der Waals surface area contributed by atoms with Gasteiger partial charge in [0, 0.05) is 23.4 Å². The standard InChI is InChI=1S/C28H27N3O3S/c1-17(2)20-10-6-19(7-11-20)8-14-26(32)31-28(35)30-23-15-21(9-5-18(23)3)27-29-24-16-22(33-4)12-13-25(24)34-27/h5-17H,1-4H3,(H2,30,31,32,35). The lowest BCUT2D eigenvalue weighted by Gasteiger charge is -2.12. The number of aryl methyl sites for hydroxylation is 1. The Morgan fingerprint density at radius 2 is 1.86 bits per heavy atom. The van der Waals surface area contributed by atoms with Crippen molar-refractivity contribution in [3.8, 4) is 17.2 Å². The molecular formula is C28H27N3O3S. The minimum atomic E-state index is -0.308. The van der Waals surface area contributed by atoms with E-state index in [1.807, 2.05) is 55.5 Å². The molecule has 1 aromatic heterocycles. The van der Waals surface area contributed by atoms with Gasteiger partial charge >= 0.3 is 0 Å². The molecule has 4 rings (SSSR count). The molecule has 7 heteroatoms. The number of hydrogen-bond acceptors (Lipinski definition) is 5. The molecule has 3 aromatic carbocycles. The van der Waals surface area contributed by atoms with Gasteiger partial charge in [0.2, 0.25) is 11.8 Å². The second kappa shape index (κ2) is 10.5. The molecule has 1 heterocycles. The van der Waals surface area contributed by atoms with Gasteiger partial charge in [0.05, 0.1) is 7.11 Å². The Morgan fingerprint density at radius 1 is 1.09 bits per heavy atom. The van der Waals surface area contributed by atoms with E-state index in [9.17, 15) is 4.79 Å². The number of nitrogens with zero attached hydrogens (tertiary/aromatic N) is 1. The van der Waals surface area contributed by atoms with Crippen molar-refractivity contribution in [3.63, 3.8) is 0 Å². The molecule has 0 atom stereocenters. The molecule has 0 unspecified atom stereocenters. The second-order valence-electron chi connectivity index (χ2n) is 8.48. The first-order chi connectivity index (χ1) is 16.8. The molecule has 0 radical (unpaired) electrons. The van der Waals surface area contributed by atoms with Crippen molar-refractivity contribution in [1.29, 1.82) is 0 Å². The second-order valence-corrected chi connectivity index (χ2v) is 8.89. The number of anilines is 1. The van der Waals surface area contributed by atoms with E-state index in [1.165, 1.54) is 11.6 Å². The normalized spacial score (nSPS) is 11.2. The molecule has 178 valence electrons. The van der Waals surface area contributed by atoms with Gasteiger partial charge in [-0.1, -0.05) is 44.2 Å². The van der Waals surface area contributed by atoms with Crippen molar-refractivity contribution in [2.75, 3.05) is 12.4 Å². The number of rotatable bonds is 6. The van der Waals surface area contributed by atoms with Crippen molar-refractivity contribution >= 4 is 46.1 Å². The van der Waals surface area contributed by atoms with Gasteiger partial charge in [-0.25, -0.2) is 4.98 Å². The van der Waals surface area contributed by atoms with E-state index in [2.05, 4.69) is 41.6 Å². The van der Waals surface area contributed by atoms with Gasteiger partial charge in [-0.3, -0.25) is 10.1 Å². The molecule has 0 fully saturated rings. The summed E-state index contributed by atoms with van der Waals surface area (Å²) in [5.74, 6) is 1.36. The molecule has 0 aliphatic carbocycles. The zero-order valence-electron chi connectivity index (χ0n) is 20.1. The average Bonchev–Trinajstić information content (AvgIpc) is 3.27. The number of amides is 1. The topological polar surface area (TPSA) is 76.4 Å². The lowest BCUT2D eigenvalue weighted by molar-refractivity contribution is -0.115. The Hall–Kier alpha value is -3.97. The fraction of sp³-hybridized carbons (Fsp3) is 0.179. The number of carbonyl (C=O) groups excluding carboxylic acids is 1. The number of benzene rings is 3. The number of carbonyl (C=O) groups is 1. The molecule has 1 amide bonds. The van der Waals surface area contributed by atoms with Crippen molar-refractivity contribution in [2.24, 2.45) is 0 Å². The third-order valence-corrected chi connectivity index (χ3v) is 5.80. The highest BCUT2D eigenvalue weighted by Gasteiger charge is 2.12. The fourth-order valence-electron chi connectivity index (χ4n) is 3.52. The lowest BCUT2D eigenvalue weighted by Crippen LogP contribution is -2.33. The number of thiocarbonyl (C=S) groups is 1. The van der Waals surface area contributed by atoms with Crippen LogP contribution in [0.1, 0.15) is 36.5 Å². The first kappa shape index (κ1) is 24.2. The summed E-state index contributed by atoms with van der Waals surface area (Å²) in [6.45, 7) is 6.25. The average molecular weight is 486 g/mol. The van der Waals surface area contributed by atoms with E-state index in [0.29, 0.717) is 28.7 Å². The molecule has 0 bridgehead atoms. The van der Waals surface area contributed by atoms with Crippen molar-refractivity contribution in [3.05, 3.63) is 83.4 Å². The number of hydrogen-bond donors (Lipinski definition) is 2. The summed E-state index contributed by atoms with van der Waals surface area (Å²) in [5, 5.41) is 5.99. The van der Waals surface area contributed by atoms with Crippen LogP contribution in [0.25, 0.3) is 28.6 Å². The van der Waals surface area contributed by atoms with Gasteiger partial charge < -0.3 is 14.5 Å². The van der Waals surface area contributed by atoms with Gasteiger partial charge in [0.1, 0.15) is 11.3 Å². The highest BCUT2D eigenvalue weighted by atomic mass is 32.1. The zero-order valence-corrected chi connectivity index (χ0v) is 20.9. The number of methoxy groups -OCH3 is 1. The third-order valence-electron chi connectivity index (χ3n) is 5.59. The van der Waals surface area contributed by atoms with E-state index in [0.717, 1.165) is 22.4 Å². The van der Waals surface area contributed by atoms with Crippen LogP contribution in [-0.2, 0) is 4.79 Å². The summed E-state index contributed by atoms with van der Waals surface area (Å²) >= 11 is 5.36. The van der Waals surface area contributed by atoms with E-state index in [4.69, 9.17) is 21.4 Å². The number of aromatic nitrogens is 1. The van der Waals surface area contributed by atoms with Gasteiger partial charge in [0.25, 0.3) is 0 Å². The van der Waals surface area contributed by atoms with E-state index in [-0.39, 0.29) is 11.0 Å². The van der Waals surface area contributed by atoms with Crippen molar-refractivity contribution in [2.45, 2.75) is 26.7 Å². The predicted molar refractivity (Wildman–Crippen MR) is 145 cm³/mol. The first-order valence-electron chi connectivity index (χ1n) is 11.3. The minimum Gasteiger partial charge on any atom is -0.497 e. The summed E-state index contributed by atoms with van der Waals surface area (Å²) < 4.78 is 11.2. The molecule has 6 nitrogen and oxygen atoms in total. The Labute approximate surface area is 210 Å². The van der Waals surface area contributed by atoms with Crippen LogP contribution < -0.4 is 15.4 Å². The number of fused-ring (bicyclic) bond motifs is 1. The van der Waals surface area contributed by atoms with Crippen molar-refractivity contribution < 1.29 is 13.9 Å². The van der Waals surface area contributed by atoms with Crippen LogP contribution in [0.4, 0.5) is 5.69 Å². The van der Waals surface area contributed by atoms with Crippen molar-refractivity contribution in [1.82, 2.24) is 10.3 Å². The van der Waals surface area contributed by atoms with Crippen LogP contribution in [0.15, 0.2) is 71.2 Å². The highest BCUT2D eigenvalue weighted by Crippen LogP contribution is 2.29. The summed E-state index contributed by atoms with van der Waals surface area (Å²) in [7, 11) is 1.61. The smallest absolute Gasteiger partial charge is 0.250 e. The maximum absolute atomic E-state index is 12.4. The minimum absolute atomic E-state index is 0.206. The molecule has 0 aliphatic heterocycles. The molecule has 35 heavy (non-hydrogen) atoms. The van der Waals surface area contributed by atoms with E-state index < -0.39 is 0 Å². The molecule has 4 aromatic rings. The number of oxazole rings is 1. The Bertz CT molecular complexity index is 1400. The third kappa shape index (κ3) is 5.94. The van der Waals surface area contributed by atoms with Gasteiger partial charge in [-0.05, 0) is 72.1 Å². The highest BCUT2D eigenvalue weighted by molar-refractivity contribution is 7.80. The summed E-state index contributed by atoms with van der Waals surface area (Å²) in [4.78, 5) is 16.9. The molecule has 0 spiro atoms. The SMILES string of the molecule is COc1ccc2oc(-c3ccc(C)c(NC(=S)NC(=O)C=Cc4ccc(C(C)C)cc4)c3)nc2c1. The summed E-state index contributed by atoms with van der Waals surface area (Å²) in [6, 6.07) is 19.4. The van der Waals surface area contributed by atoms with E-state index >= 15 is 0 Å². The van der Waals surface area contributed by atoms with Crippen LogP contribution in [0.2, 0.25) is 0 Å². The number of ether oxygens (including phenoxy) is 1. The molecular weight excluding hydrogens is 458 g/mol. The van der Waals surface area contributed by atoms with Gasteiger partial charge in [-0.15, -0.1) is 0 Å². The lowest BCUT2D eigenvalue weighted by atomic mass is 10.0. The Morgan fingerprint density at radius 3 is 2.57 bits per heavy atom. The van der Waals surface area contributed by atoms with Crippen LogP contribution in [0.3, 0.4) is 0 Å². The van der Waals surface area contributed by atoms with Crippen LogP contribution >= 0.6 is 12.2 Å². The molecule has 0 aliphatic rings. The zero-order chi connectivity index (χ0) is 24.9. The Kier molecular flexibility index (Phi) is 7.27. The quantitative estimate of drug-likeness (QED) is 0.241. The van der Waals surface area contributed by atoms with E-state index in [1.54, 1.807) is 13.2 Å². The first-order valence-corrected chi connectivity index (χ1v) is 11.7. The van der Waals surface area contributed by atoms with Gasteiger partial charge in [0.15, 0.2) is 10.7 Å². The number of nitrogens with one attached hydrogen (secondary N) is 2. The summed E-state index contributed by atoms with van der Waals surface area (Å²) in [6.07, 6.45) is 3.23. The molecule has 0 saturated carbocycles. The molecule has 2 N–H and O–H groups in total. The maximum Gasteiger partial charge on any atom is 0.250 e. The molecule has 0 saturated heterocycles. The fourth-order valence-corrected chi connectivity index (χ4v) is 3.73. The maximum atomic E-state index is 12.4.